The number of hydrogen-bond acceptors (Lipinski definition) is 3. The van der Waals surface area contributed by atoms with E-state index in [9.17, 15) is 27.9 Å². The smallest absolute Gasteiger partial charge is 0.412 e. The lowest BCUT2D eigenvalue weighted by molar-refractivity contribution is -0.155. The van der Waals surface area contributed by atoms with E-state index in [0.717, 1.165) is 17.9 Å². The third kappa shape index (κ3) is 4.12. The van der Waals surface area contributed by atoms with Crippen LogP contribution in [0.25, 0.3) is 0 Å². The number of urea groups is 1. The van der Waals surface area contributed by atoms with Gasteiger partial charge in [-0.25, -0.2) is 9.59 Å². The molecule has 1 aliphatic heterocycles. The molecule has 0 saturated carbocycles. The van der Waals surface area contributed by atoms with Crippen LogP contribution < -0.4 is 5.32 Å². The second kappa shape index (κ2) is 5.70. The van der Waals surface area contributed by atoms with Gasteiger partial charge in [-0.15, -0.1) is 0 Å². The monoisotopic (exact) mass is 296 g/mol. The summed E-state index contributed by atoms with van der Waals surface area (Å²) in [5.74, 6) is -1.50. The second-order valence-electron chi connectivity index (χ2n) is 4.66. The third-order valence-corrected chi connectivity index (χ3v) is 2.91. The number of aliphatic carboxylic acids is 1. The molecule has 1 aliphatic rings. The average Bonchev–Trinajstić information content (AvgIpc) is 2.35. The molecule has 0 saturated heterocycles. The van der Waals surface area contributed by atoms with E-state index in [1.165, 1.54) is 0 Å². The van der Waals surface area contributed by atoms with Gasteiger partial charge in [-0.1, -0.05) is 6.08 Å². The van der Waals surface area contributed by atoms with E-state index < -0.39 is 35.9 Å². The van der Waals surface area contributed by atoms with Crippen molar-refractivity contribution in [2.75, 3.05) is 19.6 Å². The molecule has 1 rings (SSSR count). The Morgan fingerprint density at radius 1 is 1.45 bits per heavy atom. The normalized spacial score (nSPS) is 19.1. The number of hydrogen-bond donors (Lipinski definition) is 3. The predicted octanol–water partition coefficient (Wildman–Crippen LogP) is 0.726. The van der Waals surface area contributed by atoms with Gasteiger partial charge in [0.2, 0.25) is 0 Å². The van der Waals surface area contributed by atoms with Crippen LogP contribution in [-0.4, -0.2) is 58.5 Å². The molecule has 20 heavy (non-hydrogen) atoms. The number of carbonyl (C=O) groups excluding carboxylic acids is 1. The van der Waals surface area contributed by atoms with Gasteiger partial charge in [-0.05, 0) is 13.3 Å². The van der Waals surface area contributed by atoms with E-state index in [4.69, 9.17) is 5.11 Å². The van der Waals surface area contributed by atoms with Gasteiger partial charge in [-0.2, -0.15) is 13.2 Å². The maximum absolute atomic E-state index is 12.4. The Bertz CT molecular complexity index is 432. The van der Waals surface area contributed by atoms with Gasteiger partial charge >= 0.3 is 18.2 Å². The molecule has 0 radical (unpaired) electrons. The summed E-state index contributed by atoms with van der Waals surface area (Å²) in [6, 6.07) is -0.719. The van der Waals surface area contributed by atoms with Gasteiger partial charge in [0.25, 0.3) is 0 Å². The molecule has 9 heteroatoms. The SMILES string of the molecule is CC(O)(CNC(=O)N1CC=C(C(F)(F)F)CC1)C(=O)O. The molecule has 2 amide bonds. The number of aliphatic hydroxyl groups is 1. The summed E-state index contributed by atoms with van der Waals surface area (Å²) in [5, 5.41) is 20.2. The van der Waals surface area contributed by atoms with Crippen LogP contribution in [-0.2, 0) is 4.79 Å². The van der Waals surface area contributed by atoms with Crippen molar-refractivity contribution in [1.29, 1.82) is 0 Å². The summed E-state index contributed by atoms with van der Waals surface area (Å²) in [5.41, 5.74) is -2.81. The quantitative estimate of drug-likeness (QED) is 0.670. The van der Waals surface area contributed by atoms with Crippen LogP contribution >= 0.6 is 0 Å². The minimum Gasteiger partial charge on any atom is -0.479 e. The first-order chi connectivity index (χ1) is 9.04. The Morgan fingerprint density at radius 3 is 2.45 bits per heavy atom. The van der Waals surface area contributed by atoms with Crippen LogP contribution in [0.3, 0.4) is 0 Å². The molecule has 0 aromatic carbocycles. The fourth-order valence-electron chi connectivity index (χ4n) is 1.55. The Hall–Kier alpha value is -1.77. The highest BCUT2D eigenvalue weighted by Gasteiger charge is 2.36. The van der Waals surface area contributed by atoms with Crippen molar-refractivity contribution in [2.24, 2.45) is 0 Å². The number of carbonyl (C=O) groups is 2. The Morgan fingerprint density at radius 2 is 2.05 bits per heavy atom. The van der Waals surface area contributed by atoms with Crippen LogP contribution in [0, 0.1) is 0 Å². The average molecular weight is 296 g/mol. The first-order valence-corrected chi connectivity index (χ1v) is 5.79. The summed E-state index contributed by atoms with van der Waals surface area (Å²) in [4.78, 5) is 23.3. The number of halogens is 3. The number of rotatable bonds is 3. The molecular formula is C11H15F3N2O4. The molecule has 0 aliphatic carbocycles. The molecule has 1 heterocycles. The van der Waals surface area contributed by atoms with E-state index in [0.29, 0.717) is 0 Å². The summed E-state index contributed by atoms with van der Waals surface area (Å²) >= 11 is 0. The fourth-order valence-corrected chi connectivity index (χ4v) is 1.55. The number of nitrogens with one attached hydrogen (secondary N) is 1. The molecule has 0 spiro atoms. The lowest BCUT2D eigenvalue weighted by Gasteiger charge is -2.28. The number of alkyl halides is 3. The molecular weight excluding hydrogens is 281 g/mol. The second-order valence-corrected chi connectivity index (χ2v) is 4.66. The Labute approximate surface area is 112 Å². The van der Waals surface area contributed by atoms with Gasteiger partial charge in [-0.3, -0.25) is 0 Å². The van der Waals surface area contributed by atoms with Crippen molar-refractivity contribution in [1.82, 2.24) is 10.2 Å². The zero-order valence-corrected chi connectivity index (χ0v) is 10.7. The minimum absolute atomic E-state index is 0.119. The number of nitrogens with zero attached hydrogens (tertiary/aromatic N) is 1. The van der Waals surface area contributed by atoms with Crippen LogP contribution in [0.2, 0.25) is 0 Å². The number of carboxylic acid groups (broad SMARTS) is 1. The van der Waals surface area contributed by atoms with Crippen molar-refractivity contribution in [3.05, 3.63) is 11.6 Å². The molecule has 1 atom stereocenters. The van der Waals surface area contributed by atoms with Crippen molar-refractivity contribution in [3.63, 3.8) is 0 Å². The van der Waals surface area contributed by atoms with Crippen LogP contribution in [0.15, 0.2) is 11.6 Å². The highest BCUT2D eigenvalue weighted by molar-refractivity contribution is 5.79. The first kappa shape index (κ1) is 16.3. The largest absolute Gasteiger partial charge is 0.479 e. The highest BCUT2D eigenvalue weighted by Crippen LogP contribution is 2.30. The predicted molar refractivity (Wildman–Crippen MR) is 62.0 cm³/mol. The molecule has 3 N–H and O–H groups in total. The maximum Gasteiger partial charge on any atom is 0.412 e. The van der Waals surface area contributed by atoms with Crippen LogP contribution in [0.5, 0.6) is 0 Å². The maximum atomic E-state index is 12.4. The molecule has 0 aromatic rings. The third-order valence-electron chi connectivity index (χ3n) is 2.91. The summed E-state index contributed by atoms with van der Waals surface area (Å²) in [6.07, 6.45) is -3.79. The zero-order valence-electron chi connectivity index (χ0n) is 10.7. The Kier molecular flexibility index (Phi) is 4.64. The highest BCUT2D eigenvalue weighted by atomic mass is 19.4. The van der Waals surface area contributed by atoms with E-state index in [2.05, 4.69) is 5.32 Å². The van der Waals surface area contributed by atoms with E-state index in [1.54, 1.807) is 0 Å². The fraction of sp³-hybridized carbons (Fsp3) is 0.636. The van der Waals surface area contributed by atoms with Gasteiger partial charge in [0.05, 0.1) is 6.54 Å². The van der Waals surface area contributed by atoms with Crippen LogP contribution in [0.4, 0.5) is 18.0 Å². The number of carboxylic acids is 1. The summed E-state index contributed by atoms with van der Waals surface area (Å²) in [6.45, 7) is 0.142. The van der Waals surface area contributed by atoms with Crippen molar-refractivity contribution in [3.8, 4) is 0 Å². The standard InChI is InChI=1S/C11H15F3N2O4/c1-10(20,8(17)18)6-15-9(19)16-4-2-7(3-5-16)11(12,13)14/h2,20H,3-6H2,1H3,(H,15,19)(H,17,18). The van der Waals surface area contributed by atoms with Crippen LogP contribution in [0.1, 0.15) is 13.3 Å². The van der Waals surface area contributed by atoms with Crippen molar-refractivity contribution >= 4 is 12.0 Å². The summed E-state index contributed by atoms with van der Waals surface area (Å²) < 4.78 is 37.1. The molecule has 6 nitrogen and oxygen atoms in total. The summed E-state index contributed by atoms with van der Waals surface area (Å²) in [7, 11) is 0. The number of amides is 2. The van der Waals surface area contributed by atoms with E-state index in [1.807, 2.05) is 0 Å². The van der Waals surface area contributed by atoms with Gasteiger partial charge < -0.3 is 20.4 Å². The van der Waals surface area contributed by atoms with Crippen molar-refractivity contribution in [2.45, 2.75) is 25.1 Å². The lowest BCUT2D eigenvalue weighted by atomic mass is 10.1. The van der Waals surface area contributed by atoms with E-state index >= 15 is 0 Å². The Balaban J connectivity index is 2.52. The topological polar surface area (TPSA) is 89.9 Å². The zero-order chi connectivity index (χ0) is 15.6. The lowest BCUT2D eigenvalue weighted by Crippen LogP contribution is -2.51. The van der Waals surface area contributed by atoms with Gasteiger partial charge in [0.1, 0.15) is 0 Å². The molecule has 0 aromatic heterocycles. The molecule has 0 bridgehead atoms. The van der Waals surface area contributed by atoms with E-state index in [-0.39, 0.29) is 19.5 Å². The molecule has 114 valence electrons. The van der Waals surface area contributed by atoms with Gasteiger partial charge in [0, 0.05) is 18.7 Å². The van der Waals surface area contributed by atoms with Crippen molar-refractivity contribution < 1.29 is 33.0 Å². The molecule has 0 fully saturated rings. The first-order valence-electron chi connectivity index (χ1n) is 5.79. The van der Waals surface area contributed by atoms with Gasteiger partial charge in [0.15, 0.2) is 5.60 Å². The molecule has 1 unspecified atom stereocenters. The minimum atomic E-state index is -4.39.